The van der Waals surface area contributed by atoms with Gasteiger partial charge in [0.1, 0.15) is 11.8 Å². The van der Waals surface area contributed by atoms with Gasteiger partial charge in [0.15, 0.2) is 0 Å². The summed E-state index contributed by atoms with van der Waals surface area (Å²) in [5.74, 6) is -0.537. The number of fused-ring (bicyclic) bond motifs is 1. The maximum absolute atomic E-state index is 13.4. The number of amides is 2. The minimum absolute atomic E-state index is 0.0456. The lowest BCUT2D eigenvalue weighted by Gasteiger charge is -2.31. The van der Waals surface area contributed by atoms with Crippen LogP contribution in [0, 0.1) is 0 Å². The molecular formula is C30H29BrClN5O3. The second-order valence-electron chi connectivity index (χ2n) is 9.73. The summed E-state index contributed by atoms with van der Waals surface area (Å²) in [4.78, 5) is 33.1. The van der Waals surface area contributed by atoms with Crippen LogP contribution in [0.3, 0.4) is 0 Å². The van der Waals surface area contributed by atoms with Gasteiger partial charge in [-0.1, -0.05) is 63.9 Å². The van der Waals surface area contributed by atoms with Crippen LogP contribution >= 0.6 is 27.5 Å². The van der Waals surface area contributed by atoms with Crippen molar-refractivity contribution < 1.29 is 14.3 Å². The first-order chi connectivity index (χ1) is 19.4. The van der Waals surface area contributed by atoms with Crippen molar-refractivity contribution in [3.8, 4) is 5.75 Å². The number of rotatable bonds is 10. The third-order valence-corrected chi connectivity index (χ3v) is 7.75. The molecule has 1 aliphatic heterocycles. The number of carbonyl (C=O) groups is 2. The Morgan fingerprint density at radius 2 is 1.80 bits per heavy atom. The number of nitrogens with two attached hydrogens (primary N) is 1. The molecule has 0 saturated carbocycles. The molecule has 40 heavy (non-hydrogen) atoms. The van der Waals surface area contributed by atoms with Gasteiger partial charge >= 0.3 is 0 Å². The van der Waals surface area contributed by atoms with E-state index in [0.717, 1.165) is 34.1 Å². The summed E-state index contributed by atoms with van der Waals surface area (Å²) in [6, 6.07) is 19.8. The lowest BCUT2D eigenvalue weighted by atomic mass is 9.94. The first kappa shape index (κ1) is 27.9. The average molecular weight is 623 g/mol. The van der Waals surface area contributed by atoms with Gasteiger partial charge in [-0.2, -0.15) is 0 Å². The van der Waals surface area contributed by atoms with E-state index in [9.17, 15) is 9.59 Å². The van der Waals surface area contributed by atoms with E-state index in [4.69, 9.17) is 22.1 Å². The summed E-state index contributed by atoms with van der Waals surface area (Å²) in [5, 5.41) is 7.15. The molecule has 8 nitrogen and oxygen atoms in total. The molecule has 2 heterocycles. The van der Waals surface area contributed by atoms with E-state index in [0.29, 0.717) is 22.9 Å². The molecular weight excluding hydrogens is 594 g/mol. The fourth-order valence-electron chi connectivity index (χ4n) is 4.91. The molecule has 5 rings (SSSR count). The Hall–Kier alpha value is -3.66. The van der Waals surface area contributed by atoms with Crippen molar-refractivity contribution >= 4 is 39.3 Å². The zero-order chi connectivity index (χ0) is 28.1. The highest BCUT2D eigenvalue weighted by molar-refractivity contribution is 9.10. The summed E-state index contributed by atoms with van der Waals surface area (Å²) < 4.78 is 7.05. The van der Waals surface area contributed by atoms with E-state index in [1.54, 1.807) is 36.7 Å². The molecule has 0 fully saturated rings. The van der Waals surface area contributed by atoms with Crippen molar-refractivity contribution in [2.24, 2.45) is 5.73 Å². The number of hydrogen-bond donors (Lipinski definition) is 4. The molecule has 1 aromatic heterocycles. The van der Waals surface area contributed by atoms with E-state index < -0.39 is 17.9 Å². The Morgan fingerprint density at radius 1 is 1.07 bits per heavy atom. The van der Waals surface area contributed by atoms with E-state index in [1.807, 2.05) is 30.5 Å². The van der Waals surface area contributed by atoms with Gasteiger partial charge in [0, 0.05) is 40.1 Å². The molecule has 0 bridgehead atoms. The fraction of sp³-hybridized carbons (Fsp3) is 0.233. The van der Waals surface area contributed by atoms with Crippen LogP contribution in [0.2, 0.25) is 5.02 Å². The summed E-state index contributed by atoms with van der Waals surface area (Å²) in [6.45, 7) is 0.437. The number of benzene rings is 3. The molecule has 206 valence electrons. The van der Waals surface area contributed by atoms with Gasteiger partial charge in [0.2, 0.25) is 5.91 Å². The average Bonchev–Trinajstić information content (AvgIpc) is 3.49. The van der Waals surface area contributed by atoms with Crippen LogP contribution in [0.5, 0.6) is 5.75 Å². The van der Waals surface area contributed by atoms with Crippen LogP contribution in [-0.4, -0.2) is 34.4 Å². The Labute approximate surface area is 245 Å². The van der Waals surface area contributed by atoms with Gasteiger partial charge in [0.05, 0.1) is 30.2 Å². The Balaban J connectivity index is 1.36. The predicted molar refractivity (Wildman–Crippen MR) is 157 cm³/mol. The number of aromatic nitrogens is 2. The van der Waals surface area contributed by atoms with E-state index in [1.165, 1.54) is 5.56 Å². The SMILES string of the molecule is NC(=O)[C@H](Cc1ccc(Cl)cc1)NC(=O)c1cccc2c1OCCC2NC(Cc1ccc(Br)cc1)c1cnc[nH]1. The third kappa shape index (κ3) is 6.72. The number of ether oxygens (including phenoxy) is 1. The van der Waals surface area contributed by atoms with E-state index >= 15 is 0 Å². The minimum atomic E-state index is -0.891. The summed E-state index contributed by atoms with van der Waals surface area (Å²) in [5.41, 5.74) is 9.86. The normalized spacial score (nSPS) is 15.9. The van der Waals surface area contributed by atoms with Crippen LogP contribution in [-0.2, 0) is 17.6 Å². The van der Waals surface area contributed by atoms with Gasteiger partial charge in [-0.15, -0.1) is 0 Å². The second-order valence-corrected chi connectivity index (χ2v) is 11.1. The van der Waals surface area contributed by atoms with Gasteiger partial charge in [-0.3, -0.25) is 9.59 Å². The van der Waals surface area contributed by atoms with Crippen molar-refractivity contribution in [3.63, 3.8) is 0 Å². The molecule has 4 aromatic rings. The summed E-state index contributed by atoms with van der Waals surface area (Å²) >= 11 is 9.47. The number of halogens is 2. The topological polar surface area (TPSA) is 122 Å². The zero-order valence-electron chi connectivity index (χ0n) is 21.6. The number of nitrogens with zero attached hydrogens (tertiary/aromatic N) is 1. The molecule has 0 aliphatic carbocycles. The van der Waals surface area contributed by atoms with Gasteiger partial charge < -0.3 is 26.1 Å². The predicted octanol–water partition coefficient (Wildman–Crippen LogP) is 5.05. The highest BCUT2D eigenvalue weighted by atomic mass is 79.9. The quantitative estimate of drug-likeness (QED) is 0.197. The first-order valence-corrected chi connectivity index (χ1v) is 14.1. The number of H-pyrrole nitrogens is 1. The monoisotopic (exact) mass is 621 g/mol. The molecule has 10 heteroatoms. The van der Waals surface area contributed by atoms with Crippen molar-refractivity contribution in [1.82, 2.24) is 20.6 Å². The van der Waals surface area contributed by atoms with Crippen LogP contribution in [0.25, 0.3) is 0 Å². The lowest BCUT2D eigenvalue weighted by Crippen LogP contribution is -2.46. The number of carbonyl (C=O) groups excluding carboxylic acids is 2. The highest BCUT2D eigenvalue weighted by Crippen LogP contribution is 2.37. The number of para-hydroxylation sites is 1. The zero-order valence-corrected chi connectivity index (χ0v) is 23.9. The van der Waals surface area contributed by atoms with Crippen molar-refractivity contribution in [2.75, 3.05) is 6.61 Å². The number of nitrogens with one attached hydrogen (secondary N) is 3. The van der Waals surface area contributed by atoms with E-state index in [-0.39, 0.29) is 18.5 Å². The molecule has 2 amide bonds. The van der Waals surface area contributed by atoms with Crippen LogP contribution in [0.1, 0.15) is 51.2 Å². The molecule has 0 saturated heterocycles. The van der Waals surface area contributed by atoms with Crippen molar-refractivity contribution in [2.45, 2.75) is 37.4 Å². The Morgan fingerprint density at radius 3 is 2.50 bits per heavy atom. The number of primary amides is 1. The number of imidazole rings is 1. The number of hydrogen-bond acceptors (Lipinski definition) is 5. The van der Waals surface area contributed by atoms with Crippen molar-refractivity contribution in [3.05, 3.63) is 117 Å². The molecule has 2 unspecified atom stereocenters. The van der Waals surface area contributed by atoms with Crippen LogP contribution in [0.15, 0.2) is 83.7 Å². The molecule has 0 radical (unpaired) electrons. The van der Waals surface area contributed by atoms with Crippen molar-refractivity contribution in [1.29, 1.82) is 0 Å². The first-order valence-electron chi connectivity index (χ1n) is 13.0. The Bertz CT molecular complexity index is 1460. The maximum atomic E-state index is 13.4. The molecule has 3 aromatic carbocycles. The smallest absolute Gasteiger partial charge is 0.255 e. The molecule has 5 N–H and O–H groups in total. The standard InChI is InChI=1S/C30H29BrClN5O3/c31-20-8-4-18(5-9-20)14-25(27-16-34-17-35-27)36-24-12-13-40-28-22(24)2-1-3-23(28)30(39)37-26(29(33)38)15-19-6-10-21(32)11-7-19/h1-11,16-17,24-26,36H,12-15H2,(H2,33,38)(H,34,35)(H,37,39)/t24?,25?,26-/m0/s1. The maximum Gasteiger partial charge on any atom is 0.255 e. The minimum Gasteiger partial charge on any atom is -0.492 e. The van der Waals surface area contributed by atoms with Crippen LogP contribution < -0.4 is 21.1 Å². The largest absolute Gasteiger partial charge is 0.492 e. The number of aromatic amines is 1. The van der Waals surface area contributed by atoms with Gasteiger partial charge in [-0.05, 0) is 47.9 Å². The molecule has 3 atom stereocenters. The van der Waals surface area contributed by atoms with E-state index in [2.05, 4.69) is 48.7 Å². The lowest BCUT2D eigenvalue weighted by molar-refractivity contribution is -0.119. The fourth-order valence-corrected chi connectivity index (χ4v) is 5.30. The third-order valence-electron chi connectivity index (χ3n) is 6.97. The highest BCUT2D eigenvalue weighted by Gasteiger charge is 2.30. The van der Waals surface area contributed by atoms with Gasteiger partial charge in [0.25, 0.3) is 5.91 Å². The summed E-state index contributed by atoms with van der Waals surface area (Å²) in [7, 11) is 0. The molecule has 1 aliphatic rings. The summed E-state index contributed by atoms with van der Waals surface area (Å²) in [6.07, 6.45) is 5.22. The molecule has 0 spiro atoms. The van der Waals surface area contributed by atoms with Crippen LogP contribution in [0.4, 0.5) is 0 Å². The second kappa shape index (κ2) is 12.7. The van der Waals surface area contributed by atoms with Gasteiger partial charge in [-0.25, -0.2) is 4.98 Å². The Kier molecular flexibility index (Phi) is 8.84.